The Labute approximate surface area is 141 Å². The van der Waals surface area contributed by atoms with Gasteiger partial charge in [-0.25, -0.2) is 4.68 Å². The quantitative estimate of drug-likeness (QED) is 0.784. The molecule has 6 heteroatoms. The van der Waals surface area contributed by atoms with Crippen LogP contribution in [0.15, 0.2) is 29.2 Å². The summed E-state index contributed by atoms with van der Waals surface area (Å²) in [6.07, 6.45) is 10.6. The molecule has 3 aliphatic rings. The van der Waals surface area contributed by atoms with E-state index in [-0.39, 0.29) is 18.0 Å². The average Bonchev–Trinajstić information content (AvgIpc) is 3.26. The van der Waals surface area contributed by atoms with Gasteiger partial charge in [-0.15, -0.1) is 0 Å². The van der Waals surface area contributed by atoms with E-state index in [9.17, 15) is 9.59 Å². The van der Waals surface area contributed by atoms with Gasteiger partial charge in [0.1, 0.15) is 6.54 Å². The van der Waals surface area contributed by atoms with Gasteiger partial charge in [0.15, 0.2) is 0 Å². The number of rotatable bonds is 3. The van der Waals surface area contributed by atoms with Gasteiger partial charge in [-0.1, -0.05) is 12.2 Å². The van der Waals surface area contributed by atoms with Crippen molar-refractivity contribution >= 4 is 11.6 Å². The highest BCUT2D eigenvalue weighted by molar-refractivity contribution is 5.76. The van der Waals surface area contributed by atoms with Gasteiger partial charge >= 0.3 is 0 Å². The lowest BCUT2D eigenvalue weighted by Crippen LogP contribution is -2.36. The molecule has 0 saturated carbocycles. The first-order valence-electron chi connectivity index (χ1n) is 8.95. The maximum atomic E-state index is 12.5. The third kappa shape index (κ3) is 2.97. The van der Waals surface area contributed by atoms with Crippen LogP contribution < -0.4 is 10.5 Å². The fourth-order valence-electron chi connectivity index (χ4n) is 4.14. The second kappa shape index (κ2) is 6.42. The van der Waals surface area contributed by atoms with Crippen molar-refractivity contribution in [3.63, 3.8) is 0 Å². The lowest BCUT2D eigenvalue weighted by molar-refractivity contribution is -0.131. The molecule has 1 aromatic rings. The van der Waals surface area contributed by atoms with Crippen molar-refractivity contribution in [2.75, 3.05) is 31.1 Å². The standard InChI is InChI=1S/C18H24N4O2/c23-17-9-16(20-7-3-4-8-20)10-19-22(17)13-18(24)21-11-14-5-1-2-6-15(14)12-21/h1-2,9-10,14-15H,3-8,11-13H2/t14-,15+. The molecule has 128 valence electrons. The first kappa shape index (κ1) is 15.4. The van der Waals surface area contributed by atoms with E-state index in [4.69, 9.17) is 0 Å². The Morgan fingerprint density at radius 1 is 1.12 bits per heavy atom. The van der Waals surface area contributed by atoms with Crippen LogP contribution in [0.1, 0.15) is 25.7 Å². The number of anilines is 1. The Morgan fingerprint density at radius 3 is 2.42 bits per heavy atom. The van der Waals surface area contributed by atoms with Gasteiger partial charge in [-0.3, -0.25) is 9.59 Å². The smallest absolute Gasteiger partial charge is 0.269 e. The number of aromatic nitrogens is 2. The molecule has 2 atom stereocenters. The molecule has 1 amide bonds. The molecule has 2 saturated heterocycles. The highest BCUT2D eigenvalue weighted by Gasteiger charge is 2.35. The number of carbonyl (C=O) groups is 1. The SMILES string of the molecule is O=C(Cn1ncc(N2CCCC2)cc1=O)N1C[C@H]2CC=CC[C@H]2C1. The van der Waals surface area contributed by atoms with Crippen molar-refractivity contribution in [1.29, 1.82) is 0 Å². The van der Waals surface area contributed by atoms with Crippen LogP contribution >= 0.6 is 0 Å². The molecule has 6 nitrogen and oxygen atoms in total. The van der Waals surface area contributed by atoms with Gasteiger partial charge < -0.3 is 9.80 Å². The van der Waals surface area contributed by atoms with Gasteiger partial charge in [-0.05, 0) is 37.5 Å². The summed E-state index contributed by atoms with van der Waals surface area (Å²) in [4.78, 5) is 28.9. The largest absolute Gasteiger partial charge is 0.370 e. The normalized spacial score (nSPS) is 26.0. The fourth-order valence-corrected chi connectivity index (χ4v) is 4.14. The van der Waals surface area contributed by atoms with Crippen LogP contribution in [0.5, 0.6) is 0 Å². The van der Waals surface area contributed by atoms with Crippen LogP contribution in [0.25, 0.3) is 0 Å². The molecule has 24 heavy (non-hydrogen) atoms. The number of nitrogens with zero attached hydrogens (tertiary/aromatic N) is 4. The van der Waals surface area contributed by atoms with Gasteiger partial charge in [0.05, 0.1) is 11.9 Å². The van der Waals surface area contributed by atoms with E-state index in [0.717, 1.165) is 57.5 Å². The lowest BCUT2D eigenvalue weighted by atomic mass is 9.86. The number of hydrogen-bond donors (Lipinski definition) is 0. The Kier molecular flexibility index (Phi) is 4.12. The van der Waals surface area contributed by atoms with Crippen LogP contribution in [0.4, 0.5) is 5.69 Å². The molecule has 2 fully saturated rings. The summed E-state index contributed by atoms with van der Waals surface area (Å²) in [7, 11) is 0. The molecule has 2 aliphatic heterocycles. The minimum absolute atomic E-state index is 0.00734. The molecule has 0 aromatic carbocycles. The van der Waals surface area contributed by atoms with Gasteiger partial charge in [0, 0.05) is 32.2 Å². The first-order valence-corrected chi connectivity index (χ1v) is 8.95. The Morgan fingerprint density at radius 2 is 1.79 bits per heavy atom. The zero-order chi connectivity index (χ0) is 16.5. The van der Waals surface area contributed by atoms with E-state index in [0.29, 0.717) is 11.8 Å². The first-order chi connectivity index (χ1) is 11.7. The molecule has 4 rings (SSSR count). The molecule has 1 aromatic heterocycles. The van der Waals surface area contributed by atoms with Crippen LogP contribution in [-0.2, 0) is 11.3 Å². The van der Waals surface area contributed by atoms with Crippen molar-refractivity contribution in [3.8, 4) is 0 Å². The number of hydrogen-bond acceptors (Lipinski definition) is 4. The minimum Gasteiger partial charge on any atom is -0.370 e. The molecule has 0 N–H and O–H groups in total. The average molecular weight is 328 g/mol. The molecular weight excluding hydrogens is 304 g/mol. The summed E-state index contributed by atoms with van der Waals surface area (Å²) in [6, 6.07) is 1.61. The number of carbonyl (C=O) groups excluding carboxylic acids is 1. The van der Waals surface area contributed by atoms with Gasteiger partial charge in [0.25, 0.3) is 5.56 Å². The summed E-state index contributed by atoms with van der Waals surface area (Å²) >= 11 is 0. The maximum absolute atomic E-state index is 12.5. The molecule has 3 heterocycles. The van der Waals surface area contributed by atoms with E-state index in [1.165, 1.54) is 4.68 Å². The number of amides is 1. The highest BCUT2D eigenvalue weighted by Crippen LogP contribution is 2.32. The predicted octanol–water partition coefficient (Wildman–Crippen LogP) is 1.27. The van der Waals surface area contributed by atoms with E-state index >= 15 is 0 Å². The predicted molar refractivity (Wildman–Crippen MR) is 91.9 cm³/mol. The van der Waals surface area contributed by atoms with Crippen LogP contribution in [-0.4, -0.2) is 46.8 Å². The third-order valence-corrected chi connectivity index (χ3v) is 5.58. The van der Waals surface area contributed by atoms with Crippen molar-refractivity contribution in [1.82, 2.24) is 14.7 Å². The van der Waals surface area contributed by atoms with Gasteiger partial charge in [0.2, 0.25) is 5.91 Å². The molecule has 0 unspecified atom stereocenters. The zero-order valence-electron chi connectivity index (χ0n) is 13.9. The number of fused-ring (bicyclic) bond motifs is 1. The van der Waals surface area contributed by atoms with E-state index in [1.807, 2.05) is 4.90 Å². The van der Waals surface area contributed by atoms with E-state index in [2.05, 4.69) is 22.2 Å². The summed E-state index contributed by atoms with van der Waals surface area (Å²) in [5.41, 5.74) is 0.686. The monoisotopic (exact) mass is 328 g/mol. The number of likely N-dealkylation sites (tertiary alicyclic amines) is 1. The van der Waals surface area contributed by atoms with Crippen LogP contribution in [0.3, 0.4) is 0 Å². The number of allylic oxidation sites excluding steroid dienone is 2. The molecule has 0 bridgehead atoms. The second-order valence-electron chi connectivity index (χ2n) is 7.17. The van der Waals surface area contributed by atoms with Crippen LogP contribution in [0.2, 0.25) is 0 Å². The Balaban J connectivity index is 1.41. The summed E-state index contributed by atoms with van der Waals surface area (Å²) in [5, 5.41) is 4.23. The Bertz CT molecular complexity index is 689. The van der Waals surface area contributed by atoms with E-state index < -0.39 is 0 Å². The summed E-state index contributed by atoms with van der Waals surface area (Å²) in [5.74, 6) is 1.18. The zero-order valence-corrected chi connectivity index (χ0v) is 13.9. The molecule has 0 spiro atoms. The molecular formula is C18H24N4O2. The van der Waals surface area contributed by atoms with Crippen molar-refractivity contribution < 1.29 is 4.79 Å². The van der Waals surface area contributed by atoms with Crippen molar-refractivity contribution in [2.45, 2.75) is 32.2 Å². The second-order valence-corrected chi connectivity index (χ2v) is 7.17. The van der Waals surface area contributed by atoms with Gasteiger partial charge in [-0.2, -0.15) is 5.10 Å². The topological polar surface area (TPSA) is 58.4 Å². The molecule has 1 aliphatic carbocycles. The minimum atomic E-state index is -0.189. The summed E-state index contributed by atoms with van der Waals surface area (Å²) in [6.45, 7) is 3.64. The highest BCUT2D eigenvalue weighted by atomic mass is 16.2. The maximum Gasteiger partial charge on any atom is 0.269 e. The van der Waals surface area contributed by atoms with E-state index in [1.54, 1.807) is 12.3 Å². The van der Waals surface area contributed by atoms with Crippen LogP contribution in [0, 0.1) is 11.8 Å². The summed E-state index contributed by atoms with van der Waals surface area (Å²) < 4.78 is 1.29. The Hall–Kier alpha value is -2.11. The fraction of sp³-hybridized carbons (Fsp3) is 0.611. The molecule has 0 radical (unpaired) electrons. The van der Waals surface area contributed by atoms with Crippen molar-refractivity contribution in [2.24, 2.45) is 11.8 Å². The lowest BCUT2D eigenvalue weighted by Gasteiger charge is -2.18. The third-order valence-electron chi connectivity index (χ3n) is 5.58. The van der Waals surface area contributed by atoms with Crippen molar-refractivity contribution in [3.05, 3.63) is 34.8 Å².